The second-order valence-corrected chi connectivity index (χ2v) is 5.65. The van der Waals surface area contributed by atoms with Crippen molar-refractivity contribution in [2.45, 2.75) is 29.9 Å². The molecule has 0 aliphatic heterocycles. The average molecular weight is 357 g/mol. The molecular weight excluding hydrogens is 344 g/mol. The van der Waals surface area contributed by atoms with Crippen LogP contribution in [0.4, 0.5) is 5.82 Å². The van der Waals surface area contributed by atoms with Crippen LogP contribution in [0.25, 0.3) is 0 Å². The highest BCUT2D eigenvalue weighted by atomic mass is 79.9. The van der Waals surface area contributed by atoms with E-state index < -0.39 is 0 Å². The highest BCUT2D eigenvalue weighted by Crippen LogP contribution is 2.32. The van der Waals surface area contributed by atoms with Crippen LogP contribution in [0.5, 0.6) is 0 Å². The van der Waals surface area contributed by atoms with Gasteiger partial charge in [-0.05, 0) is 34.1 Å². The Kier molecular flexibility index (Phi) is 5.10. The molecule has 2 rings (SSSR count). The van der Waals surface area contributed by atoms with Gasteiger partial charge in [0.2, 0.25) is 0 Å². The van der Waals surface area contributed by atoms with Crippen molar-refractivity contribution in [2.24, 2.45) is 5.84 Å². The van der Waals surface area contributed by atoms with Gasteiger partial charge in [-0.1, -0.05) is 13.3 Å². The first-order valence-electron chi connectivity index (χ1n) is 5.89. The maximum absolute atomic E-state index is 11.6. The van der Waals surface area contributed by atoms with Crippen molar-refractivity contribution in [2.75, 3.05) is 5.43 Å². The zero-order chi connectivity index (χ0) is 14.5. The smallest absolute Gasteiger partial charge is 0.251 e. The third-order valence-corrected chi connectivity index (χ3v) is 4.27. The van der Waals surface area contributed by atoms with Gasteiger partial charge in [0.25, 0.3) is 5.56 Å². The van der Waals surface area contributed by atoms with Crippen LogP contribution in [0.1, 0.15) is 19.0 Å². The fourth-order valence-corrected chi connectivity index (χ4v) is 2.88. The van der Waals surface area contributed by atoms with Crippen molar-refractivity contribution in [3.8, 4) is 0 Å². The highest BCUT2D eigenvalue weighted by Gasteiger charge is 2.11. The van der Waals surface area contributed by atoms with E-state index in [9.17, 15) is 4.79 Å². The molecule has 4 N–H and O–H groups in total. The predicted molar refractivity (Wildman–Crippen MR) is 80.5 cm³/mol. The van der Waals surface area contributed by atoms with Gasteiger partial charge in [-0.25, -0.2) is 20.8 Å². The Morgan fingerprint density at radius 1 is 1.50 bits per heavy atom. The van der Waals surface area contributed by atoms with Gasteiger partial charge < -0.3 is 10.4 Å². The fraction of sp³-hybridized carbons (Fsp3) is 0.273. The summed E-state index contributed by atoms with van der Waals surface area (Å²) >= 11 is 4.60. The second-order valence-electron chi connectivity index (χ2n) is 3.88. The van der Waals surface area contributed by atoms with Crippen LogP contribution in [0, 0.1) is 0 Å². The molecule has 0 aromatic carbocycles. The molecule has 0 saturated carbocycles. The monoisotopic (exact) mass is 356 g/mol. The number of nitrogens with one attached hydrogen (secondary N) is 2. The number of nitrogen functional groups attached to an aromatic ring is 1. The molecular formula is C11H13BrN6OS. The van der Waals surface area contributed by atoms with Gasteiger partial charge in [-0.2, -0.15) is 0 Å². The van der Waals surface area contributed by atoms with E-state index in [1.54, 1.807) is 0 Å². The number of nitrogens with zero attached hydrogens (tertiary/aromatic N) is 3. The minimum atomic E-state index is -0.173. The number of aryl methyl sites for hydroxylation is 1. The molecule has 0 bridgehead atoms. The molecule has 0 amide bonds. The maximum atomic E-state index is 11.6. The lowest BCUT2D eigenvalue weighted by Crippen LogP contribution is -2.11. The van der Waals surface area contributed by atoms with Crippen LogP contribution in [0.2, 0.25) is 0 Å². The number of hydrogen-bond acceptors (Lipinski definition) is 7. The normalized spacial score (nSPS) is 10.6. The minimum absolute atomic E-state index is 0.173. The second kappa shape index (κ2) is 6.82. The van der Waals surface area contributed by atoms with E-state index in [0.717, 1.165) is 18.5 Å². The number of anilines is 1. The molecule has 0 atom stereocenters. The molecule has 0 saturated heterocycles. The molecule has 0 fully saturated rings. The van der Waals surface area contributed by atoms with Gasteiger partial charge in [0.15, 0.2) is 11.0 Å². The standard InChI is InChI=1S/C11H13BrN6OS/c1-2-3-6-4-7(19)17-11(16-6)20-10-8(12)9(18-13)14-5-15-10/h4-5H,2-3,13H2,1H3,(H,14,15,18)(H,16,17,19). The van der Waals surface area contributed by atoms with Crippen molar-refractivity contribution in [3.05, 3.63) is 32.9 Å². The van der Waals surface area contributed by atoms with Gasteiger partial charge in [0.05, 0.1) is 4.47 Å². The quantitative estimate of drug-likeness (QED) is 0.323. The number of halogens is 1. The van der Waals surface area contributed by atoms with Gasteiger partial charge in [0.1, 0.15) is 11.4 Å². The van der Waals surface area contributed by atoms with Gasteiger partial charge in [-0.3, -0.25) is 4.79 Å². The molecule has 2 aromatic rings. The lowest BCUT2D eigenvalue weighted by atomic mass is 10.2. The highest BCUT2D eigenvalue weighted by molar-refractivity contribution is 9.10. The summed E-state index contributed by atoms with van der Waals surface area (Å²) in [5, 5.41) is 1.10. The lowest BCUT2D eigenvalue weighted by molar-refractivity contribution is 0.814. The van der Waals surface area contributed by atoms with Crippen LogP contribution in [0.3, 0.4) is 0 Å². The van der Waals surface area contributed by atoms with E-state index in [1.807, 2.05) is 6.92 Å². The van der Waals surface area contributed by atoms with Crippen LogP contribution in [0.15, 0.2) is 31.8 Å². The topological polar surface area (TPSA) is 110 Å². The first-order valence-corrected chi connectivity index (χ1v) is 7.50. The number of hydrogen-bond donors (Lipinski definition) is 3. The summed E-state index contributed by atoms with van der Waals surface area (Å²) in [4.78, 5) is 26.8. The molecule has 2 aromatic heterocycles. The van der Waals surface area contributed by atoms with E-state index in [2.05, 4.69) is 41.3 Å². The molecule has 2 heterocycles. The summed E-state index contributed by atoms with van der Waals surface area (Å²) in [6.45, 7) is 2.04. The summed E-state index contributed by atoms with van der Waals surface area (Å²) in [6, 6.07) is 1.51. The zero-order valence-electron chi connectivity index (χ0n) is 10.7. The van der Waals surface area contributed by atoms with Crippen molar-refractivity contribution < 1.29 is 0 Å². The molecule has 0 spiro atoms. The van der Waals surface area contributed by atoms with E-state index >= 15 is 0 Å². The number of hydrazine groups is 1. The van der Waals surface area contributed by atoms with E-state index in [1.165, 1.54) is 24.2 Å². The first kappa shape index (κ1) is 14.9. The Morgan fingerprint density at radius 2 is 2.30 bits per heavy atom. The molecule has 106 valence electrons. The first-order chi connectivity index (χ1) is 9.63. The SMILES string of the molecule is CCCc1cc(=O)[nH]c(Sc2ncnc(NN)c2Br)n1. The van der Waals surface area contributed by atoms with Gasteiger partial charge >= 0.3 is 0 Å². The third-order valence-electron chi connectivity index (χ3n) is 2.37. The van der Waals surface area contributed by atoms with Gasteiger partial charge in [0, 0.05) is 11.8 Å². The largest absolute Gasteiger partial charge is 0.307 e. The van der Waals surface area contributed by atoms with Crippen molar-refractivity contribution in [1.29, 1.82) is 0 Å². The van der Waals surface area contributed by atoms with E-state index in [4.69, 9.17) is 5.84 Å². The molecule has 0 radical (unpaired) electrons. The van der Waals surface area contributed by atoms with Crippen LogP contribution in [-0.4, -0.2) is 19.9 Å². The van der Waals surface area contributed by atoms with Crippen molar-refractivity contribution in [1.82, 2.24) is 19.9 Å². The number of aromatic nitrogens is 4. The Balaban J connectivity index is 2.32. The summed E-state index contributed by atoms with van der Waals surface area (Å²) in [7, 11) is 0. The summed E-state index contributed by atoms with van der Waals surface area (Å²) in [6.07, 6.45) is 3.08. The number of aromatic amines is 1. The summed E-state index contributed by atoms with van der Waals surface area (Å²) in [5.41, 5.74) is 3.05. The number of rotatable bonds is 5. The molecule has 0 unspecified atom stereocenters. The zero-order valence-corrected chi connectivity index (χ0v) is 13.1. The van der Waals surface area contributed by atoms with Crippen LogP contribution < -0.4 is 16.8 Å². The van der Waals surface area contributed by atoms with E-state index in [0.29, 0.717) is 20.5 Å². The Morgan fingerprint density at radius 3 is 3.00 bits per heavy atom. The summed E-state index contributed by atoms with van der Waals surface area (Å²) < 4.78 is 0.621. The Bertz CT molecular complexity index is 662. The maximum Gasteiger partial charge on any atom is 0.251 e. The minimum Gasteiger partial charge on any atom is -0.307 e. The Labute approximate surface area is 127 Å². The molecule has 7 nitrogen and oxygen atoms in total. The van der Waals surface area contributed by atoms with Crippen molar-refractivity contribution in [3.63, 3.8) is 0 Å². The van der Waals surface area contributed by atoms with E-state index in [-0.39, 0.29) is 5.56 Å². The predicted octanol–water partition coefficient (Wildman–Crippen LogP) is 1.71. The van der Waals surface area contributed by atoms with Crippen molar-refractivity contribution >= 4 is 33.5 Å². The molecule has 20 heavy (non-hydrogen) atoms. The number of nitrogens with two attached hydrogens (primary N) is 1. The molecule has 0 aliphatic carbocycles. The van der Waals surface area contributed by atoms with Crippen LogP contribution >= 0.6 is 27.7 Å². The third kappa shape index (κ3) is 3.56. The molecule has 9 heteroatoms. The lowest BCUT2D eigenvalue weighted by Gasteiger charge is -2.07. The number of H-pyrrole nitrogens is 1. The summed E-state index contributed by atoms with van der Waals surface area (Å²) in [5.74, 6) is 5.81. The average Bonchev–Trinajstić information content (AvgIpc) is 2.41. The van der Waals surface area contributed by atoms with Gasteiger partial charge in [-0.15, -0.1) is 0 Å². The molecule has 0 aliphatic rings. The fourth-order valence-electron chi connectivity index (χ4n) is 1.53. The Hall–Kier alpha value is -1.45. The van der Waals surface area contributed by atoms with Crippen LogP contribution in [-0.2, 0) is 6.42 Å².